The minimum absolute atomic E-state index is 0.290. The SMILES string of the molecule is CCNC(c1ccc2c(c1)CCO2)c1ccc(F)cc1F. The van der Waals surface area contributed by atoms with E-state index in [1.807, 2.05) is 25.1 Å². The lowest BCUT2D eigenvalue weighted by Gasteiger charge is -2.20. The molecule has 0 aromatic heterocycles. The van der Waals surface area contributed by atoms with Crippen molar-refractivity contribution in [2.45, 2.75) is 19.4 Å². The average Bonchev–Trinajstić information content (AvgIpc) is 2.93. The Labute approximate surface area is 122 Å². The molecule has 1 unspecified atom stereocenters. The Bertz CT molecular complexity index is 657. The molecule has 0 radical (unpaired) electrons. The van der Waals surface area contributed by atoms with Gasteiger partial charge in [-0.05, 0) is 29.8 Å². The van der Waals surface area contributed by atoms with Crippen molar-refractivity contribution in [1.29, 1.82) is 0 Å². The van der Waals surface area contributed by atoms with Crippen LogP contribution in [-0.4, -0.2) is 13.2 Å². The van der Waals surface area contributed by atoms with Crippen LogP contribution < -0.4 is 10.1 Å². The van der Waals surface area contributed by atoms with Gasteiger partial charge < -0.3 is 10.1 Å². The minimum atomic E-state index is -0.561. The molecule has 1 aliphatic rings. The summed E-state index contributed by atoms with van der Waals surface area (Å²) >= 11 is 0. The highest BCUT2D eigenvalue weighted by atomic mass is 19.1. The summed E-state index contributed by atoms with van der Waals surface area (Å²) in [5.74, 6) is -0.194. The van der Waals surface area contributed by atoms with Crippen LogP contribution in [0.25, 0.3) is 0 Å². The normalized spacial score (nSPS) is 14.6. The standard InChI is InChI=1S/C17H17F2NO/c1-2-20-17(14-5-4-13(18)10-15(14)19)12-3-6-16-11(9-12)7-8-21-16/h3-6,9-10,17,20H,2,7-8H2,1H3. The van der Waals surface area contributed by atoms with E-state index in [9.17, 15) is 8.78 Å². The zero-order valence-electron chi connectivity index (χ0n) is 11.8. The first-order valence-electron chi connectivity index (χ1n) is 7.13. The Morgan fingerprint density at radius 2 is 2.05 bits per heavy atom. The highest BCUT2D eigenvalue weighted by molar-refractivity contribution is 5.43. The van der Waals surface area contributed by atoms with Crippen LogP contribution in [0.1, 0.15) is 29.7 Å². The van der Waals surface area contributed by atoms with Gasteiger partial charge in [0.05, 0.1) is 12.6 Å². The molecule has 0 saturated carbocycles. The molecular weight excluding hydrogens is 272 g/mol. The lowest BCUT2D eigenvalue weighted by atomic mass is 9.96. The van der Waals surface area contributed by atoms with Gasteiger partial charge in [0, 0.05) is 18.1 Å². The molecule has 0 amide bonds. The number of halogens is 2. The van der Waals surface area contributed by atoms with E-state index in [2.05, 4.69) is 5.32 Å². The van der Waals surface area contributed by atoms with Crippen molar-refractivity contribution in [2.24, 2.45) is 0 Å². The molecule has 0 bridgehead atoms. The first kappa shape index (κ1) is 14.0. The fourth-order valence-electron chi connectivity index (χ4n) is 2.73. The Kier molecular flexibility index (Phi) is 3.88. The van der Waals surface area contributed by atoms with E-state index < -0.39 is 11.6 Å². The molecule has 0 aliphatic carbocycles. The summed E-state index contributed by atoms with van der Waals surface area (Å²) in [6.45, 7) is 3.34. The van der Waals surface area contributed by atoms with Gasteiger partial charge in [-0.15, -0.1) is 0 Å². The fraction of sp³-hybridized carbons (Fsp3) is 0.294. The Hall–Kier alpha value is -1.94. The molecule has 2 aromatic carbocycles. The maximum absolute atomic E-state index is 14.1. The van der Waals surface area contributed by atoms with Crippen LogP contribution in [0.5, 0.6) is 5.75 Å². The Morgan fingerprint density at radius 3 is 2.81 bits per heavy atom. The van der Waals surface area contributed by atoms with Crippen LogP contribution in [0.2, 0.25) is 0 Å². The van der Waals surface area contributed by atoms with Crippen molar-refractivity contribution in [3.05, 3.63) is 64.7 Å². The first-order valence-corrected chi connectivity index (χ1v) is 7.13. The molecule has 0 spiro atoms. The molecule has 1 N–H and O–H groups in total. The highest BCUT2D eigenvalue weighted by Gasteiger charge is 2.20. The summed E-state index contributed by atoms with van der Waals surface area (Å²) in [5.41, 5.74) is 2.56. The van der Waals surface area contributed by atoms with Gasteiger partial charge in [0.25, 0.3) is 0 Å². The summed E-state index contributed by atoms with van der Waals surface area (Å²) in [6.07, 6.45) is 0.869. The van der Waals surface area contributed by atoms with Gasteiger partial charge >= 0.3 is 0 Å². The minimum Gasteiger partial charge on any atom is -0.493 e. The van der Waals surface area contributed by atoms with Crippen molar-refractivity contribution >= 4 is 0 Å². The molecule has 1 atom stereocenters. The lowest BCUT2D eigenvalue weighted by molar-refractivity contribution is 0.357. The number of nitrogens with one attached hydrogen (secondary N) is 1. The van der Waals surface area contributed by atoms with Crippen molar-refractivity contribution in [2.75, 3.05) is 13.2 Å². The van der Waals surface area contributed by atoms with Crippen LogP contribution in [0.15, 0.2) is 36.4 Å². The molecular formula is C17H17F2NO. The van der Waals surface area contributed by atoms with Crippen molar-refractivity contribution < 1.29 is 13.5 Å². The number of rotatable bonds is 4. The smallest absolute Gasteiger partial charge is 0.131 e. The van der Waals surface area contributed by atoms with Gasteiger partial charge in [0.15, 0.2) is 0 Å². The molecule has 2 nitrogen and oxygen atoms in total. The second kappa shape index (κ2) is 5.82. The summed E-state index contributed by atoms with van der Waals surface area (Å²) in [5, 5.41) is 3.26. The third kappa shape index (κ3) is 2.76. The summed E-state index contributed by atoms with van der Waals surface area (Å²) in [7, 11) is 0. The van der Waals surface area contributed by atoms with Gasteiger partial charge in [-0.3, -0.25) is 0 Å². The van der Waals surface area contributed by atoms with E-state index in [1.54, 1.807) is 0 Å². The molecule has 3 rings (SSSR count). The summed E-state index contributed by atoms with van der Waals surface area (Å²) < 4.78 is 32.7. The van der Waals surface area contributed by atoms with Crippen LogP contribution in [0.4, 0.5) is 8.78 Å². The predicted octanol–water partition coefficient (Wildman–Crippen LogP) is 3.60. The molecule has 0 saturated heterocycles. The number of benzene rings is 2. The highest BCUT2D eigenvalue weighted by Crippen LogP contribution is 2.31. The average molecular weight is 289 g/mol. The van der Waals surface area contributed by atoms with E-state index in [-0.39, 0.29) is 6.04 Å². The Balaban J connectivity index is 2.01. The Morgan fingerprint density at radius 1 is 1.19 bits per heavy atom. The molecule has 4 heteroatoms. The molecule has 110 valence electrons. The fourth-order valence-corrected chi connectivity index (χ4v) is 2.73. The van der Waals surface area contributed by atoms with Gasteiger partial charge in [-0.25, -0.2) is 8.78 Å². The molecule has 0 fully saturated rings. The third-order valence-corrected chi connectivity index (χ3v) is 3.73. The molecule has 2 aromatic rings. The quantitative estimate of drug-likeness (QED) is 0.928. The van der Waals surface area contributed by atoms with Gasteiger partial charge in [-0.1, -0.05) is 25.1 Å². The monoisotopic (exact) mass is 289 g/mol. The predicted molar refractivity (Wildman–Crippen MR) is 77.5 cm³/mol. The number of ether oxygens (including phenoxy) is 1. The lowest BCUT2D eigenvalue weighted by Crippen LogP contribution is -2.23. The topological polar surface area (TPSA) is 21.3 Å². The first-order chi connectivity index (χ1) is 10.2. The second-order valence-corrected chi connectivity index (χ2v) is 5.12. The third-order valence-electron chi connectivity index (χ3n) is 3.73. The zero-order chi connectivity index (χ0) is 14.8. The van der Waals surface area contributed by atoms with E-state index >= 15 is 0 Å². The van der Waals surface area contributed by atoms with Crippen molar-refractivity contribution in [3.8, 4) is 5.75 Å². The van der Waals surface area contributed by atoms with Crippen LogP contribution in [-0.2, 0) is 6.42 Å². The van der Waals surface area contributed by atoms with E-state index in [0.717, 1.165) is 29.4 Å². The maximum atomic E-state index is 14.1. The number of hydrogen-bond donors (Lipinski definition) is 1. The molecule has 21 heavy (non-hydrogen) atoms. The van der Waals surface area contributed by atoms with Crippen molar-refractivity contribution in [1.82, 2.24) is 5.32 Å². The largest absolute Gasteiger partial charge is 0.493 e. The van der Waals surface area contributed by atoms with Crippen LogP contribution in [0.3, 0.4) is 0 Å². The van der Waals surface area contributed by atoms with Gasteiger partial charge in [0.2, 0.25) is 0 Å². The van der Waals surface area contributed by atoms with E-state index in [1.165, 1.54) is 12.1 Å². The molecule has 1 heterocycles. The van der Waals surface area contributed by atoms with Crippen LogP contribution in [0, 0.1) is 11.6 Å². The van der Waals surface area contributed by atoms with Gasteiger partial charge in [0.1, 0.15) is 17.4 Å². The summed E-state index contributed by atoms with van der Waals surface area (Å²) in [6, 6.07) is 9.32. The van der Waals surface area contributed by atoms with Crippen molar-refractivity contribution in [3.63, 3.8) is 0 Å². The van der Waals surface area contributed by atoms with Crippen LogP contribution >= 0.6 is 0 Å². The van der Waals surface area contributed by atoms with Gasteiger partial charge in [-0.2, -0.15) is 0 Å². The zero-order valence-corrected chi connectivity index (χ0v) is 11.8. The summed E-state index contributed by atoms with van der Waals surface area (Å²) in [4.78, 5) is 0. The number of hydrogen-bond acceptors (Lipinski definition) is 2. The van der Waals surface area contributed by atoms with E-state index in [0.29, 0.717) is 18.7 Å². The van der Waals surface area contributed by atoms with E-state index in [4.69, 9.17) is 4.74 Å². The molecule has 1 aliphatic heterocycles. The number of fused-ring (bicyclic) bond motifs is 1. The maximum Gasteiger partial charge on any atom is 0.131 e. The second-order valence-electron chi connectivity index (χ2n) is 5.12.